The molecule has 1 aromatic carbocycles. The lowest BCUT2D eigenvalue weighted by atomic mass is 10.1. The number of hydrogen-bond donors (Lipinski definition) is 2. The minimum atomic E-state index is -0.852. The number of ether oxygens (including phenoxy) is 1. The van der Waals surface area contributed by atoms with Crippen LogP contribution >= 0.6 is 11.6 Å². The van der Waals surface area contributed by atoms with Crippen molar-refractivity contribution >= 4 is 17.6 Å². The van der Waals surface area contributed by atoms with Gasteiger partial charge in [-0.3, -0.25) is 4.79 Å². The quantitative estimate of drug-likeness (QED) is 0.733. The van der Waals surface area contributed by atoms with Gasteiger partial charge in [-0.05, 0) is 37.6 Å². The molecule has 0 fully saturated rings. The third kappa shape index (κ3) is 5.06. The average molecular weight is 258 g/mol. The Bertz CT molecular complexity index is 382. The lowest BCUT2D eigenvalue weighted by Gasteiger charge is -2.08. The molecule has 0 atom stereocenters. The first-order chi connectivity index (χ1) is 8.13. The third-order valence-electron chi connectivity index (χ3n) is 2.16. The zero-order chi connectivity index (χ0) is 12.7. The molecule has 0 bridgehead atoms. The first-order valence-corrected chi connectivity index (χ1v) is 5.85. The summed E-state index contributed by atoms with van der Waals surface area (Å²) in [6.07, 6.45) is 0.736. The number of nitrogens with one attached hydrogen (secondary N) is 1. The van der Waals surface area contributed by atoms with Gasteiger partial charge in [0.05, 0.1) is 18.2 Å². The van der Waals surface area contributed by atoms with E-state index >= 15 is 0 Å². The number of carboxylic acids is 1. The van der Waals surface area contributed by atoms with E-state index in [0.29, 0.717) is 23.9 Å². The molecule has 1 aromatic rings. The Kier molecular flexibility index (Phi) is 5.80. The zero-order valence-corrected chi connectivity index (χ0v) is 10.5. The van der Waals surface area contributed by atoms with Crippen LogP contribution < -0.4 is 10.1 Å². The van der Waals surface area contributed by atoms with Crippen LogP contribution in [0.2, 0.25) is 5.02 Å². The maximum absolute atomic E-state index is 10.3. The molecule has 4 nitrogen and oxygen atoms in total. The van der Waals surface area contributed by atoms with Gasteiger partial charge in [0.25, 0.3) is 0 Å². The van der Waals surface area contributed by atoms with Crippen LogP contribution in [0.1, 0.15) is 12.5 Å². The van der Waals surface area contributed by atoms with Gasteiger partial charge >= 0.3 is 5.97 Å². The molecule has 1 rings (SSSR count). The fourth-order valence-electron chi connectivity index (χ4n) is 1.40. The highest BCUT2D eigenvalue weighted by Gasteiger charge is 2.02. The third-order valence-corrected chi connectivity index (χ3v) is 2.46. The second-order valence-corrected chi connectivity index (χ2v) is 3.93. The molecule has 0 saturated carbocycles. The molecule has 0 saturated heterocycles. The van der Waals surface area contributed by atoms with E-state index in [1.807, 2.05) is 25.1 Å². The zero-order valence-electron chi connectivity index (χ0n) is 9.70. The Morgan fingerprint density at radius 1 is 1.53 bits per heavy atom. The minimum absolute atomic E-state index is 0.0231. The molecule has 0 aliphatic carbocycles. The molecule has 0 aromatic heterocycles. The summed E-state index contributed by atoms with van der Waals surface area (Å²) in [5, 5.41) is 11.9. The highest BCUT2D eigenvalue weighted by atomic mass is 35.5. The van der Waals surface area contributed by atoms with Gasteiger partial charge in [-0.2, -0.15) is 0 Å². The maximum atomic E-state index is 10.3. The van der Waals surface area contributed by atoms with E-state index in [0.717, 1.165) is 12.0 Å². The Hall–Kier alpha value is -1.26. The fraction of sp³-hybridized carbons (Fsp3) is 0.417. The summed E-state index contributed by atoms with van der Waals surface area (Å²) in [7, 11) is 0. The van der Waals surface area contributed by atoms with Crippen molar-refractivity contribution in [1.29, 1.82) is 0 Å². The largest absolute Gasteiger partial charge is 0.492 e. The molecule has 0 aliphatic heterocycles. The molecule has 0 unspecified atom stereocenters. The Labute approximate surface area is 106 Å². The minimum Gasteiger partial charge on any atom is -0.492 e. The van der Waals surface area contributed by atoms with Crippen LogP contribution in [0.5, 0.6) is 5.75 Å². The Morgan fingerprint density at radius 3 is 2.88 bits per heavy atom. The van der Waals surface area contributed by atoms with Gasteiger partial charge in [0, 0.05) is 0 Å². The molecule has 17 heavy (non-hydrogen) atoms. The van der Waals surface area contributed by atoms with Crippen LogP contribution in [0, 0.1) is 0 Å². The Balaban J connectivity index is 2.44. The second-order valence-electron chi connectivity index (χ2n) is 3.52. The van der Waals surface area contributed by atoms with Gasteiger partial charge in [-0.15, -0.1) is 0 Å². The molecule has 5 heteroatoms. The molecule has 0 spiro atoms. The molecule has 0 radical (unpaired) electrons. The van der Waals surface area contributed by atoms with E-state index in [9.17, 15) is 4.79 Å². The van der Waals surface area contributed by atoms with Crippen LogP contribution in [-0.4, -0.2) is 30.8 Å². The summed E-state index contributed by atoms with van der Waals surface area (Å²) < 4.78 is 5.32. The summed E-state index contributed by atoms with van der Waals surface area (Å²) in [4.78, 5) is 10.3. The van der Waals surface area contributed by atoms with Crippen LogP contribution in [0.15, 0.2) is 18.2 Å². The SMILES string of the molecule is CCOc1ccc(CCNCC(=O)O)cc1Cl. The smallest absolute Gasteiger partial charge is 0.317 e. The topological polar surface area (TPSA) is 58.6 Å². The van der Waals surface area contributed by atoms with Crippen molar-refractivity contribution in [3.8, 4) is 5.75 Å². The van der Waals surface area contributed by atoms with E-state index < -0.39 is 5.97 Å². The molecule has 0 amide bonds. The number of aliphatic carboxylic acids is 1. The van der Waals surface area contributed by atoms with Crippen molar-refractivity contribution in [2.45, 2.75) is 13.3 Å². The van der Waals surface area contributed by atoms with Crippen LogP contribution in [-0.2, 0) is 11.2 Å². The van der Waals surface area contributed by atoms with Crippen LogP contribution in [0.4, 0.5) is 0 Å². The number of halogens is 1. The maximum Gasteiger partial charge on any atom is 0.317 e. The van der Waals surface area contributed by atoms with Crippen molar-refractivity contribution in [2.24, 2.45) is 0 Å². The van der Waals surface area contributed by atoms with Crippen molar-refractivity contribution in [3.05, 3.63) is 28.8 Å². The van der Waals surface area contributed by atoms with E-state index in [-0.39, 0.29) is 6.54 Å². The second kappa shape index (κ2) is 7.14. The molecular formula is C12H16ClNO3. The summed E-state index contributed by atoms with van der Waals surface area (Å²) in [6.45, 7) is 3.07. The van der Waals surface area contributed by atoms with Crippen molar-refractivity contribution in [1.82, 2.24) is 5.32 Å². The number of hydrogen-bond acceptors (Lipinski definition) is 3. The fourth-order valence-corrected chi connectivity index (χ4v) is 1.66. The van der Waals surface area contributed by atoms with E-state index in [1.54, 1.807) is 0 Å². The van der Waals surface area contributed by atoms with Crippen LogP contribution in [0.25, 0.3) is 0 Å². The molecule has 0 heterocycles. The lowest BCUT2D eigenvalue weighted by Crippen LogP contribution is -2.24. The Morgan fingerprint density at radius 2 is 2.29 bits per heavy atom. The van der Waals surface area contributed by atoms with Gasteiger partial charge in [-0.25, -0.2) is 0 Å². The molecule has 0 aliphatic rings. The van der Waals surface area contributed by atoms with Gasteiger partial charge < -0.3 is 15.2 Å². The van der Waals surface area contributed by atoms with Crippen molar-refractivity contribution in [3.63, 3.8) is 0 Å². The van der Waals surface area contributed by atoms with Gasteiger partial charge in [-0.1, -0.05) is 17.7 Å². The average Bonchev–Trinajstić information content (AvgIpc) is 2.28. The molecular weight excluding hydrogens is 242 g/mol. The lowest BCUT2D eigenvalue weighted by molar-refractivity contribution is -0.135. The predicted octanol–water partition coefficient (Wildman–Crippen LogP) is 1.96. The highest BCUT2D eigenvalue weighted by Crippen LogP contribution is 2.25. The molecule has 2 N–H and O–H groups in total. The summed E-state index contributed by atoms with van der Waals surface area (Å²) in [5.74, 6) is -0.175. The van der Waals surface area contributed by atoms with E-state index in [1.165, 1.54) is 0 Å². The standard InChI is InChI=1S/C12H16ClNO3/c1-2-17-11-4-3-9(7-10(11)13)5-6-14-8-12(15)16/h3-4,7,14H,2,5-6,8H2,1H3,(H,15,16). The number of carboxylic acid groups (broad SMARTS) is 1. The van der Waals surface area contributed by atoms with E-state index in [2.05, 4.69) is 5.32 Å². The first-order valence-electron chi connectivity index (χ1n) is 5.47. The van der Waals surface area contributed by atoms with Gasteiger partial charge in [0.15, 0.2) is 0 Å². The van der Waals surface area contributed by atoms with E-state index in [4.69, 9.17) is 21.4 Å². The summed E-state index contributed by atoms with van der Waals surface area (Å²) in [6, 6.07) is 5.60. The number of carbonyl (C=O) groups is 1. The summed E-state index contributed by atoms with van der Waals surface area (Å²) in [5.41, 5.74) is 1.05. The summed E-state index contributed by atoms with van der Waals surface area (Å²) >= 11 is 6.03. The number of rotatable bonds is 7. The van der Waals surface area contributed by atoms with Gasteiger partial charge in [0.2, 0.25) is 0 Å². The van der Waals surface area contributed by atoms with Crippen molar-refractivity contribution in [2.75, 3.05) is 19.7 Å². The monoisotopic (exact) mass is 257 g/mol. The van der Waals surface area contributed by atoms with Crippen molar-refractivity contribution < 1.29 is 14.6 Å². The highest BCUT2D eigenvalue weighted by molar-refractivity contribution is 6.32. The van der Waals surface area contributed by atoms with Gasteiger partial charge in [0.1, 0.15) is 5.75 Å². The first kappa shape index (κ1) is 13.8. The molecule has 94 valence electrons. The predicted molar refractivity (Wildman–Crippen MR) is 66.8 cm³/mol. The van der Waals surface area contributed by atoms with Crippen LogP contribution in [0.3, 0.4) is 0 Å². The normalized spacial score (nSPS) is 10.2. The number of benzene rings is 1.